The van der Waals surface area contributed by atoms with Crippen LogP contribution in [0.5, 0.6) is 0 Å². The fraction of sp³-hybridized carbons (Fsp3) is 1.00. The molecule has 0 rings (SSSR count). The third kappa shape index (κ3) is 6.60. The van der Waals surface area contributed by atoms with Gasteiger partial charge in [0.05, 0.1) is 0 Å². The molecule has 0 aromatic rings. The van der Waals surface area contributed by atoms with Crippen molar-refractivity contribution in [1.29, 1.82) is 0 Å². The van der Waals surface area contributed by atoms with Crippen LogP contribution in [0.3, 0.4) is 0 Å². The second kappa shape index (κ2) is 8.69. The van der Waals surface area contributed by atoms with Crippen molar-refractivity contribution in [3.05, 3.63) is 0 Å². The topological polar surface area (TPSA) is 27.7 Å². The molecule has 0 aliphatic heterocycles. The summed E-state index contributed by atoms with van der Waals surface area (Å²) in [4.78, 5) is 0. The molecule has 0 fully saturated rings. The van der Waals surface area contributed by atoms with E-state index in [1.807, 2.05) is 20.8 Å². The predicted octanol–water partition coefficient (Wildman–Crippen LogP) is 1.77. The number of rotatable bonds is 6. The molecule has 0 aromatic carbocycles. The van der Waals surface area contributed by atoms with Crippen molar-refractivity contribution >= 4 is 19.2 Å². The van der Waals surface area contributed by atoms with E-state index in [0.717, 1.165) is 0 Å². The normalized spacial score (nSPS) is 11.0. The molecule has 72 valence electrons. The number of hydrogen-bond donors (Lipinski definition) is 0. The van der Waals surface area contributed by atoms with Gasteiger partial charge in [-0.25, -0.2) is 0 Å². The molecule has 0 aromatic heterocycles. The van der Waals surface area contributed by atoms with Crippen molar-refractivity contribution in [3.63, 3.8) is 0 Å². The molecule has 0 bridgehead atoms. The summed E-state index contributed by atoms with van der Waals surface area (Å²) in [5.74, 6) is 0. The largest absolute Gasteiger partial charge is 0.613 e. The zero-order valence-electron chi connectivity index (χ0n) is 7.72. The van der Waals surface area contributed by atoms with E-state index in [1.165, 1.54) is 0 Å². The SMILES string of the molecule is CCO[Si](Cl)(OCC)OCC.[Ti]. The summed E-state index contributed by atoms with van der Waals surface area (Å²) < 4.78 is 15.5. The molecule has 6 heteroatoms. The van der Waals surface area contributed by atoms with Crippen LogP contribution in [0.15, 0.2) is 0 Å². The van der Waals surface area contributed by atoms with Crippen molar-refractivity contribution < 1.29 is 35.0 Å². The van der Waals surface area contributed by atoms with Gasteiger partial charge in [-0.15, -0.1) is 0 Å². The summed E-state index contributed by atoms with van der Waals surface area (Å²) in [6.45, 7) is 7.16. The zero-order chi connectivity index (χ0) is 8.74. The van der Waals surface area contributed by atoms with Crippen LogP contribution in [0.25, 0.3) is 0 Å². The summed E-state index contributed by atoms with van der Waals surface area (Å²) in [6.07, 6.45) is 0. The molecule has 0 atom stereocenters. The molecular formula is C6H15ClO3SiTi. The first-order valence-corrected chi connectivity index (χ1v) is 6.53. The third-order valence-electron chi connectivity index (χ3n) is 0.950. The Morgan fingerprint density at radius 2 is 1.17 bits per heavy atom. The molecule has 0 heterocycles. The Morgan fingerprint density at radius 3 is 1.33 bits per heavy atom. The zero-order valence-corrected chi connectivity index (χ0v) is 11.0. The maximum absolute atomic E-state index is 5.91. The van der Waals surface area contributed by atoms with Crippen LogP contribution in [-0.2, 0) is 35.0 Å². The smallest absolute Gasteiger partial charge is 0.362 e. The van der Waals surface area contributed by atoms with E-state index in [9.17, 15) is 0 Å². The van der Waals surface area contributed by atoms with Crippen molar-refractivity contribution in [2.75, 3.05) is 19.8 Å². The molecule has 3 nitrogen and oxygen atoms in total. The molecule has 0 saturated carbocycles. The molecule has 0 unspecified atom stereocenters. The van der Waals surface area contributed by atoms with Gasteiger partial charge in [-0.1, -0.05) is 11.1 Å². The average molecular weight is 247 g/mol. The van der Waals surface area contributed by atoms with E-state index < -0.39 is 8.11 Å². The Hall–Kier alpha value is 1.10. The molecular weight excluding hydrogens is 231 g/mol. The molecule has 0 N–H and O–H groups in total. The average Bonchev–Trinajstić information content (AvgIpc) is 1.88. The molecule has 12 heavy (non-hydrogen) atoms. The van der Waals surface area contributed by atoms with Crippen LogP contribution in [0, 0.1) is 0 Å². The van der Waals surface area contributed by atoms with Crippen LogP contribution in [0.2, 0.25) is 0 Å². The second-order valence-electron chi connectivity index (χ2n) is 1.78. The Morgan fingerprint density at radius 1 is 0.917 bits per heavy atom. The van der Waals surface area contributed by atoms with Gasteiger partial charge < -0.3 is 13.3 Å². The fourth-order valence-electron chi connectivity index (χ4n) is 0.642. The maximum Gasteiger partial charge on any atom is 0.613 e. The Bertz CT molecular complexity index is 89.8. The van der Waals surface area contributed by atoms with Crippen molar-refractivity contribution in [2.24, 2.45) is 0 Å². The van der Waals surface area contributed by atoms with Crippen molar-refractivity contribution in [2.45, 2.75) is 20.8 Å². The number of hydrogen-bond acceptors (Lipinski definition) is 3. The first kappa shape index (κ1) is 15.6. The Labute approximate surface area is 94.7 Å². The van der Waals surface area contributed by atoms with Gasteiger partial charge >= 0.3 is 8.11 Å². The van der Waals surface area contributed by atoms with E-state index in [-0.39, 0.29) is 21.7 Å². The minimum atomic E-state index is -2.78. The van der Waals surface area contributed by atoms with Gasteiger partial charge in [0.25, 0.3) is 0 Å². The Balaban J connectivity index is 0. The maximum atomic E-state index is 5.91. The van der Waals surface area contributed by atoms with Gasteiger partial charge in [-0.2, -0.15) is 0 Å². The van der Waals surface area contributed by atoms with E-state index in [1.54, 1.807) is 0 Å². The van der Waals surface area contributed by atoms with Gasteiger partial charge in [0.2, 0.25) is 0 Å². The molecule has 0 amide bonds. The fourth-order valence-corrected chi connectivity index (χ4v) is 2.91. The summed E-state index contributed by atoms with van der Waals surface area (Å²) >= 11 is 5.91. The molecule has 0 radical (unpaired) electrons. The van der Waals surface area contributed by atoms with E-state index in [4.69, 9.17) is 24.4 Å². The van der Waals surface area contributed by atoms with Crippen molar-refractivity contribution in [3.8, 4) is 0 Å². The first-order chi connectivity index (χ1) is 5.18. The predicted molar refractivity (Wildman–Crippen MR) is 46.5 cm³/mol. The standard InChI is InChI=1S/C6H15ClO3Si.Ti/c1-4-8-11(7,9-5-2)10-6-3;/h4-6H2,1-3H3;. The second-order valence-corrected chi connectivity index (χ2v) is 5.00. The quantitative estimate of drug-likeness (QED) is 0.528. The monoisotopic (exact) mass is 246 g/mol. The minimum Gasteiger partial charge on any atom is -0.362 e. The molecule has 0 spiro atoms. The molecule has 0 saturated heterocycles. The summed E-state index contributed by atoms with van der Waals surface area (Å²) in [5.41, 5.74) is 0. The van der Waals surface area contributed by atoms with Gasteiger partial charge in [0, 0.05) is 41.5 Å². The molecule has 0 aliphatic rings. The first-order valence-electron chi connectivity index (χ1n) is 3.79. The molecule has 0 aliphatic carbocycles. The summed E-state index contributed by atoms with van der Waals surface area (Å²) in [7, 11) is -2.78. The van der Waals surface area contributed by atoms with Crippen LogP contribution < -0.4 is 0 Å². The minimum absolute atomic E-state index is 0. The third-order valence-corrected chi connectivity index (χ3v) is 3.83. The van der Waals surface area contributed by atoms with Gasteiger partial charge in [-0.3, -0.25) is 0 Å². The van der Waals surface area contributed by atoms with E-state index in [2.05, 4.69) is 0 Å². The van der Waals surface area contributed by atoms with Gasteiger partial charge in [-0.05, 0) is 20.8 Å². The van der Waals surface area contributed by atoms with E-state index >= 15 is 0 Å². The van der Waals surface area contributed by atoms with Gasteiger partial charge in [0.1, 0.15) is 0 Å². The van der Waals surface area contributed by atoms with Crippen LogP contribution >= 0.6 is 11.1 Å². The number of halogens is 1. The van der Waals surface area contributed by atoms with Gasteiger partial charge in [0.15, 0.2) is 0 Å². The summed E-state index contributed by atoms with van der Waals surface area (Å²) in [6, 6.07) is 0. The van der Waals surface area contributed by atoms with Crippen molar-refractivity contribution in [1.82, 2.24) is 0 Å². The van der Waals surface area contributed by atoms with E-state index in [0.29, 0.717) is 19.8 Å². The Kier molecular flexibility index (Phi) is 11.3. The van der Waals surface area contributed by atoms with Crippen LogP contribution in [0.1, 0.15) is 20.8 Å². The van der Waals surface area contributed by atoms with Crippen LogP contribution in [-0.4, -0.2) is 27.9 Å². The summed E-state index contributed by atoms with van der Waals surface area (Å²) in [5, 5.41) is 0. The van der Waals surface area contributed by atoms with Crippen LogP contribution in [0.4, 0.5) is 0 Å².